The highest BCUT2D eigenvalue weighted by atomic mass is 35.5. The zero-order valence-corrected chi connectivity index (χ0v) is 13.1. The molecular formula is C16H25ClN2. The lowest BCUT2D eigenvalue weighted by Crippen LogP contribution is -2.26. The fourth-order valence-corrected chi connectivity index (χ4v) is 3.00. The number of nitrogens with one attached hydrogen (secondary N) is 1. The molecule has 1 aliphatic rings. The fourth-order valence-electron chi connectivity index (χ4n) is 2.84. The molecule has 0 amide bonds. The predicted octanol–water partition coefficient (Wildman–Crippen LogP) is 4.08. The molecule has 0 aliphatic carbocycles. The van der Waals surface area contributed by atoms with E-state index in [2.05, 4.69) is 36.2 Å². The molecular weight excluding hydrogens is 256 g/mol. The molecule has 1 saturated heterocycles. The Labute approximate surface area is 122 Å². The van der Waals surface area contributed by atoms with Gasteiger partial charge in [-0.1, -0.05) is 31.5 Å². The van der Waals surface area contributed by atoms with Crippen molar-refractivity contribution in [3.8, 4) is 0 Å². The lowest BCUT2D eigenvalue weighted by molar-refractivity contribution is 0.325. The fraction of sp³-hybridized carbons (Fsp3) is 0.625. The van der Waals surface area contributed by atoms with Crippen molar-refractivity contribution >= 4 is 17.3 Å². The molecule has 0 spiro atoms. The quantitative estimate of drug-likeness (QED) is 0.898. The summed E-state index contributed by atoms with van der Waals surface area (Å²) in [6.45, 7) is 7.92. The Bertz CT molecular complexity index is 429. The first-order valence-corrected chi connectivity index (χ1v) is 7.58. The summed E-state index contributed by atoms with van der Waals surface area (Å²) in [6, 6.07) is 6.25. The Morgan fingerprint density at radius 1 is 1.26 bits per heavy atom. The van der Waals surface area contributed by atoms with Crippen LogP contribution in [-0.2, 0) is 6.54 Å². The van der Waals surface area contributed by atoms with Crippen molar-refractivity contribution in [3.63, 3.8) is 0 Å². The topological polar surface area (TPSA) is 15.3 Å². The van der Waals surface area contributed by atoms with E-state index in [9.17, 15) is 0 Å². The van der Waals surface area contributed by atoms with E-state index >= 15 is 0 Å². The molecule has 2 rings (SSSR count). The second kappa shape index (κ2) is 6.15. The SMILES string of the molecule is CNCc1ccc(Cl)cc1N1CCCC(C)(C)CC1. The van der Waals surface area contributed by atoms with Gasteiger partial charge in [0.2, 0.25) is 0 Å². The van der Waals surface area contributed by atoms with Gasteiger partial charge >= 0.3 is 0 Å². The van der Waals surface area contributed by atoms with Crippen molar-refractivity contribution in [1.29, 1.82) is 0 Å². The van der Waals surface area contributed by atoms with Crippen molar-refractivity contribution in [2.45, 2.75) is 39.7 Å². The summed E-state index contributed by atoms with van der Waals surface area (Å²) < 4.78 is 0. The maximum Gasteiger partial charge on any atom is 0.0426 e. The van der Waals surface area contributed by atoms with Gasteiger partial charge in [-0.05, 0) is 49.4 Å². The van der Waals surface area contributed by atoms with E-state index < -0.39 is 0 Å². The third kappa shape index (κ3) is 3.87. The zero-order chi connectivity index (χ0) is 13.9. The second-order valence-corrected chi connectivity index (χ2v) is 6.74. The number of nitrogens with zero attached hydrogens (tertiary/aromatic N) is 1. The van der Waals surface area contributed by atoms with E-state index in [4.69, 9.17) is 11.6 Å². The first-order chi connectivity index (χ1) is 9.02. The largest absolute Gasteiger partial charge is 0.371 e. The van der Waals surface area contributed by atoms with Crippen molar-refractivity contribution in [2.75, 3.05) is 25.0 Å². The number of rotatable bonds is 3. The highest BCUT2D eigenvalue weighted by Crippen LogP contribution is 2.33. The summed E-state index contributed by atoms with van der Waals surface area (Å²) in [5.74, 6) is 0. The van der Waals surface area contributed by atoms with Gasteiger partial charge in [0, 0.05) is 30.3 Å². The van der Waals surface area contributed by atoms with Gasteiger partial charge in [0.15, 0.2) is 0 Å². The molecule has 1 aromatic rings. The average Bonchev–Trinajstić information content (AvgIpc) is 2.53. The molecule has 1 fully saturated rings. The predicted molar refractivity (Wildman–Crippen MR) is 84.1 cm³/mol. The van der Waals surface area contributed by atoms with Crippen LogP contribution in [0.4, 0.5) is 5.69 Å². The van der Waals surface area contributed by atoms with Gasteiger partial charge in [-0.2, -0.15) is 0 Å². The molecule has 1 aromatic carbocycles. The monoisotopic (exact) mass is 280 g/mol. The van der Waals surface area contributed by atoms with Gasteiger partial charge in [0.1, 0.15) is 0 Å². The summed E-state index contributed by atoms with van der Waals surface area (Å²) in [5, 5.41) is 4.08. The lowest BCUT2D eigenvalue weighted by Gasteiger charge is -2.27. The summed E-state index contributed by atoms with van der Waals surface area (Å²) >= 11 is 6.19. The van der Waals surface area contributed by atoms with Crippen LogP contribution in [0.2, 0.25) is 5.02 Å². The minimum atomic E-state index is 0.469. The van der Waals surface area contributed by atoms with Crippen LogP contribution >= 0.6 is 11.6 Å². The molecule has 0 unspecified atom stereocenters. The Morgan fingerprint density at radius 3 is 2.79 bits per heavy atom. The molecule has 3 heteroatoms. The van der Waals surface area contributed by atoms with Crippen molar-refractivity contribution in [2.24, 2.45) is 5.41 Å². The van der Waals surface area contributed by atoms with Crippen molar-refractivity contribution in [1.82, 2.24) is 5.32 Å². The average molecular weight is 281 g/mol. The molecule has 0 bridgehead atoms. The summed E-state index contributed by atoms with van der Waals surface area (Å²) in [4.78, 5) is 2.51. The Kier molecular flexibility index (Phi) is 4.75. The Hall–Kier alpha value is -0.730. The van der Waals surface area contributed by atoms with Gasteiger partial charge in [-0.25, -0.2) is 0 Å². The molecule has 0 radical (unpaired) electrons. The molecule has 106 valence electrons. The molecule has 1 N–H and O–H groups in total. The van der Waals surface area contributed by atoms with Gasteiger partial charge < -0.3 is 10.2 Å². The van der Waals surface area contributed by atoms with Gasteiger partial charge in [0.25, 0.3) is 0 Å². The maximum absolute atomic E-state index is 6.19. The summed E-state index contributed by atoms with van der Waals surface area (Å²) in [7, 11) is 1.99. The van der Waals surface area contributed by atoms with Gasteiger partial charge in [-0.3, -0.25) is 0 Å². The maximum atomic E-state index is 6.19. The van der Waals surface area contributed by atoms with Crippen LogP contribution in [0.1, 0.15) is 38.7 Å². The van der Waals surface area contributed by atoms with Crippen molar-refractivity contribution in [3.05, 3.63) is 28.8 Å². The normalized spacial score (nSPS) is 19.3. The van der Waals surface area contributed by atoms with Crippen LogP contribution in [0.25, 0.3) is 0 Å². The summed E-state index contributed by atoms with van der Waals surface area (Å²) in [6.07, 6.45) is 3.82. The lowest BCUT2D eigenvalue weighted by atomic mass is 9.85. The Morgan fingerprint density at radius 2 is 2.05 bits per heavy atom. The summed E-state index contributed by atoms with van der Waals surface area (Å²) in [5.41, 5.74) is 3.11. The first-order valence-electron chi connectivity index (χ1n) is 7.20. The zero-order valence-electron chi connectivity index (χ0n) is 12.3. The van der Waals surface area contributed by atoms with Gasteiger partial charge in [-0.15, -0.1) is 0 Å². The Balaban J connectivity index is 2.22. The minimum absolute atomic E-state index is 0.469. The number of halogens is 1. The van der Waals surface area contributed by atoms with E-state index in [0.29, 0.717) is 5.41 Å². The molecule has 0 saturated carbocycles. The molecule has 1 heterocycles. The number of benzene rings is 1. The smallest absolute Gasteiger partial charge is 0.0426 e. The first kappa shape index (κ1) is 14.7. The molecule has 19 heavy (non-hydrogen) atoms. The number of hydrogen-bond donors (Lipinski definition) is 1. The highest BCUT2D eigenvalue weighted by molar-refractivity contribution is 6.30. The van der Waals surface area contributed by atoms with E-state index in [1.807, 2.05) is 13.1 Å². The van der Waals surface area contributed by atoms with Crippen LogP contribution in [0.5, 0.6) is 0 Å². The van der Waals surface area contributed by atoms with E-state index in [0.717, 1.165) is 24.7 Å². The van der Waals surface area contributed by atoms with E-state index in [-0.39, 0.29) is 0 Å². The third-order valence-corrected chi connectivity index (χ3v) is 4.33. The van der Waals surface area contributed by atoms with Crippen LogP contribution < -0.4 is 10.2 Å². The number of anilines is 1. The highest BCUT2D eigenvalue weighted by Gasteiger charge is 2.24. The standard InChI is InChI=1S/C16H25ClN2/c1-16(2)7-4-9-19(10-8-16)15-11-14(17)6-5-13(15)12-18-3/h5-6,11,18H,4,7-10,12H2,1-3H3. The van der Waals surface area contributed by atoms with E-state index in [1.54, 1.807) is 0 Å². The van der Waals surface area contributed by atoms with Crippen LogP contribution in [-0.4, -0.2) is 20.1 Å². The molecule has 0 atom stereocenters. The van der Waals surface area contributed by atoms with Crippen LogP contribution in [0.3, 0.4) is 0 Å². The third-order valence-electron chi connectivity index (χ3n) is 4.10. The second-order valence-electron chi connectivity index (χ2n) is 6.31. The molecule has 1 aliphatic heterocycles. The van der Waals surface area contributed by atoms with Crippen LogP contribution in [0.15, 0.2) is 18.2 Å². The minimum Gasteiger partial charge on any atom is -0.371 e. The van der Waals surface area contributed by atoms with Crippen molar-refractivity contribution < 1.29 is 0 Å². The molecule has 2 nitrogen and oxygen atoms in total. The molecule has 0 aromatic heterocycles. The van der Waals surface area contributed by atoms with Crippen LogP contribution in [0, 0.1) is 5.41 Å². The number of hydrogen-bond acceptors (Lipinski definition) is 2. The van der Waals surface area contributed by atoms with E-state index in [1.165, 1.54) is 30.5 Å². The van der Waals surface area contributed by atoms with Gasteiger partial charge in [0.05, 0.1) is 0 Å².